The molecule has 0 aromatic carbocycles. The van der Waals surface area contributed by atoms with Crippen LogP contribution in [0.4, 0.5) is 4.79 Å². The quantitative estimate of drug-likeness (QED) is 0.719. The fraction of sp³-hybridized carbons (Fsp3) is 0.625. The Bertz CT molecular complexity index is 687. The zero-order chi connectivity index (χ0) is 17.9. The van der Waals surface area contributed by atoms with Gasteiger partial charge in [0, 0.05) is 19.6 Å². The van der Waals surface area contributed by atoms with Crippen LogP contribution in [-0.2, 0) is 19.4 Å². The third-order valence-corrected chi connectivity index (χ3v) is 7.09. The number of thioether (sulfide) groups is 1. The van der Waals surface area contributed by atoms with Crippen molar-refractivity contribution < 1.29 is 22.7 Å². The van der Waals surface area contributed by atoms with E-state index in [0.717, 1.165) is 30.3 Å². The zero-order valence-electron chi connectivity index (χ0n) is 13.8. The molecule has 0 bridgehead atoms. The number of hydrogen-bond acceptors (Lipinski definition) is 7. The number of allylic oxidation sites excluding steroid dienone is 2. The molecule has 7 nitrogen and oxygen atoms in total. The molecule has 2 aliphatic heterocycles. The molecule has 0 saturated carbocycles. The zero-order valence-corrected chi connectivity index (χ0v) is 15.5. The van der Waals surface area contributed by atoms with Crippen molar-refractivity contribution in [3.8, 4) is 0 Å². The van der Waals surface area contributed by atoms with E-state index in [1.54, 1.807) is 0 Å². The van der Waals surface area contributed by atoms with Crippen molar-refractivity contribution in [1.82, 2.24) is 10.2 Å². The van der Waals surface area contributed by atoms with Crippen LogP contribution in [0.15, 0.2) is 23.8 Å². The van der Waals surface area contributed by atoms with Gasteiger partial charge in [0.15, 0.2) is 9.84 Å². The summed E-state index contributed by atoms with van der Waals surface area (Å²) >= 11 is 1.04. The lowest BCUT2D eigenvalue weighted by atomic mass is 10.0. The molecule has 0 spiro atoms. The van der Waals surface area contributed by atoms with Crippen LogP contribution in [0.1, 0.15) is 12.8 Å². The summed E-state index contributed by atoms with van der Waals surface area (Å²) in [5.41, 5.74) is 1.04. The Morgan fingerprint density at radius 2 is 2.04 bits per heavy atom. The number of sulfone groups is 1. The molecule has 2 fully saturated rings. The van der Waals surface area contributed by atoms with E-state index < -0.39 is 9.84 Å². The average Bonchev–Trinajstić information content (AvgIpc) is 2.88. The Morgan fingerprint density at radius 1 is 1.28 bits per heavy atom. The fourth-order valence-electron chi connectivity index (χ4n) is 2.97. The Labute approximate surface area is 151 Å². The van der Waals surface area contributed by atoms with Crippen LogP contribution in [-0.4, -0.2) is 73.6 Å². The van der Waals surface area contributed by atoms with Gasteiger partial charge in [0.05, 0.1) is 29.5 Å². The van der Waals surface area contributed by atoms with E-state index in [9.17, 15) is 18.0 Å². The van der Waals surface area contributed by atoms with Gasteiger partial charge in [-0.25, -0.2) is 8.42 Å². The second kappa shape index (κ2) is 8.03. The summed E-state index contributed by atoms with van der Waals surface area (Å²) in [5, 5.41) is 1.68. The molecular weight excluding hydrogens is 364 g/mol. The summed E-state index contributed by atoms with van der Waals surface area (Å²) in [6.45, 7) is 2.46. The molecule has 2 saturated heterocycles. The van der Waals surface area contributed by atoms with Gasteiger partial charge in [0.25, 0.3) is 5.24 Å². The van der Waals surface area contributed by atoms with Crippen molar-refractivity contribution in [2.75, 3.05) is 37.7 Å². The van der Waals surface area contributed by atoms with Gasteiger partial charge in [-0.05, 0) is 12.8 Å². The molecule has 2 unspecified atom stereocenters. The second-order valence-electron chi connectivity index (χ2n) is 6.36. The lowest BCUT2D eigenvalue weighted by molar-refractivity contribution is -0.118. The first-order valence-corrected chi connectivity index (χ1v) is 11.0. The van der Waals surface area contributed by atoms with Crippen molar-refractivity contribution in [2.24, 2.45) is 0 Å². The molecule has 2 heterocycles. The highest BCUT2D eigenvalue weighted by Crippen LogP contribution is 2.27. The Kier molecular flexibility index (Phi) is 5.98. The van der Waals surface area contributed by atoms with Crippen LogP contribution in [0.5, 0.6) is 0 Å². The molecule has 1 aliphatic carbocycles. The molecule has 2 amide bonds. The molecule has 1 N–H and O–H groups in total. The van der Waals surface area contributed by atoms with E-state index in [4.69, 9.17) is 4.74 Å². The van der Waals surface area contributed by atoms with Gasteiger partial charge in [0.1, 0.15) is 0 Å². The van der Waals surface area contributed by atoms with Crippen LogP contribution in [0.25, 0.3) is 0 Å². The largest absolute Gasteiger partial charge is 0.372 e. The summed E-state index contributed by atoms with van der Waals surface area (Å²) < 4.78 is 28.6. The van der Waals surface area contributed by atoms with Crippen molar-refractivity contribution in [3.63, 3.8) is 0 Å². The normalized spacial score (nSPS) is 29.5. The van der Waals surface area contributed by atoms with Gasteiger partial charge < -0.3 is 4.74 Å². The number of imide groups is 1. The number of ether oxygens (including phenoxy) is 1. The molecule has 0 aromatic rings. The van der Waals surface area contributed by atoms with E-state index in [1.807, 2.05) is 12.2 Å². The van der Waals surface area contributed by atoms with Crippen molar-refractivity contribution >= 4 is 32.7 Å². The number of amides is 2. The number of hydrogen-bond donors (Lipinski definition) is 1. The van der Waals surface area contributed by atoms with Gasteiger partial charge >= 0.3 is 0 Å². The molecule has 25 heavy (non-hydrogen) atoms. The number of carbonyl (C=O) groups excluding carboxylic acids is 2. The Balaban J connectivity index is 1.35. The maximum absolute atomic E-state index is 11.6. The predicted octanol–water partition coefficient (Wildman–Crippen LogP) is 0.730. The van der Waals surface area contributed by atoms with Crippen molar-refractivity contribution in [1.29, 1.82) is 0 Å². The van der Waals surface area contributed by atoms with E-state index in [1.165, 1.54) is 0 Å². The van der Waals surface area contributed by atoms with Gasteiger partial charge in [-0.3, -0.25) is 19.8 Å². The maximum Gasteiger partial charge on any atom is 0.286 e. The van der Waals surface area contributed by atoms with Gasteiger partial charge in [-0.1, -0.05) is 35.6 Å². The van der Waals surface area contributed by atoms with Gasteiger partial charge in [0.2, 0.25) is 5.91 Å². The summed E-state index contributed by atoms with van der Waals surface area (Å²) in [6, 6.07) is 0. The predicted molar refractivity (Wildman–Crippen MR) is 96.2 cm³/mol. The van der Waals surface area contributed by atoms with Crippen molar-refractivity contribution in [2.45, 2.75) is 24.2 Å². The van der Waals surface area contributed by atoms with E-state index >= 15 is 0 Å². The van der Waals surface area contributed by atoms with E-state index in [-0.39, 0.29) is 34.0 Å². The summed E-state index contributed by atoms with van der Waals surface area (Å²) in [4.78, 5) is 24.9. The summed E-state index contributed by atoms with van der Waals surface area (Å²) in [7, 11) is -2.84. The van der Waals surface area contributed by atoms with Crippen LogP contribution in [0.2, 0.25) is 0 Å². The minimum Gasteiger partial charge on any atom is -0.372 e. The molecule has 3 rings (SSSR count). The van der Waals surface area contributed by atoms with Crippen LogP contribution in [0.3, 0.4) is 0 Å². The summed E-state index contributed by atoms with van der Waals surface area (Å²) in [5.74, 6) is 0.251. The topological polar surface area (TPSA) is 92.8 Å². The lowest BCUT2D eigenvalue weighted by Crippen LogP contribution is -2.42. The minimum atomic E-state index is -2.84. The number of nitrogens with zero attached hydrogens (tertiary/aromatic N) is 1. The second-order valence-corrected chi connectivity index (χ2v) is 9.84. The third-order valence-electron chi connectivity index (χ3n) is 4.50. The lowest BCUT2D eigenvalue weighted by Gasteiger charge is -2.27. The first-order chi connectivity index (χ1) is 11.9. The van der Waals surface area contributed by atoms with E-state index in [2.05, 4.69) is 16.3 Å². The SMILES string of the molecule is O=C1NC(=O)C(CC2=CCC(OCCN3CCS(=O)(=O)CC3)C=C2)S1. The Morgan fingerprint density at radius 3 is 2.64 bits per heavy atom. The smallest absolute Gasteiger partial charge is 0.286 e. The molecular formula is C16H22N2O5S2. The van der Waals surface area contributed by atoms with E-state index in [0.29, 0.717) is 26.1 Å². The molecule has 0 aromatic heterocycles. The number of rotatable bonds is 6. The molecule has 0 radical (unpaired) electrons. The molecule has 2 atom stereocenters. The van der Waals surface area contributed by atoms with Gasteiger partial charge in [-0.15, -0.1) is 0 Å². The number of nitrogens with one attached hydrogen (secondary N) is 1. The van der Waals surface area contributed by atoms with Gasteiger partial charge in [-0.2, -0.15) is 0 Å². The highest BCUT2D eigenvalue weighted by molar-refractivity contribution is 8.15. The van der Waals surface area contributed by atoms with Crippen LogP contribution >= 0.6 is 11.8 Å². The Hall–Kier alpha value is -1.16. The number of carbonyl (C=O) groups is 2. The van der Waals surface area contributed by atoms with Crippen molar-refractivity contribution in [3.05, 3.63) is 23.8 Å². The minimum absolute atomic E-state index is 0.00367. The third kappa shape index (κ3) is 5.40. The fourth-order valence-corrected chi connectivity index (χ4v) is 5.11. The average molecular weight is 386 g/mol. The molecule has 9 heteroatoms. The standard InChI is InChI=1S/C16H22N2O5S2/c19-15-14(24-16(20)17-15)11-12-1-3-13(4-2-12)23-8-5-18-6-9-25(21,22)10-7-18/h1-3,13-14H,4-11H2,(H,17,19,20). The highest BCUT2D eigenvalue weighted by Gasteiger charge is 2.32. The highest BCUT2D eigenvalue weighted by atomic mass is 32.2. The first-order valence-electron chi connectivity index (χ1n) is 8.34. The van der Waals surface area contributed by atoms with Crippen LogP contribution in [0, 0.1) is 0 Å². The summed E-state index contributed by atoms with van der Waals surface area (Å²) in [6.07, 6.45) is 7.28. The molecule has 138 valence electrons. The molecule has 3 aliphatic rings. The maximum atomic E-state index is 11.6. The van der Waals surface area contributed by atoms with Crippen LogP contribution < -0.4 is 5.32 Å². The monoisotopic (exact) mass is 386 g/mol. The first kappa shape index (κ1) is 18.6.